The van der Waals surface area contributed by atoms with E-state index in [4.69, 9.17) is 0 Å². The van der Waals surface area contributed by atoms with Gasteiger partial charge in [0, 0.05) is 24.7 Å². The topological polar surface area (TPSA) is 84.3 Å². The molecule has 0 saturated carbocycles. The van der Waals surface area contributed by atoms with Gasteiger partial charge in [0.2, 0.25) is 0 Å². The Morgan fingerprint density at radius 3 is 2.53 bits per heavy atom. The standard InChI is InChI=1S/C11H15N3O3/c1-7(2)13-11(15)8-4-5-10(14(16)17)9(6-8)12-3/h4-7,12H,1-3H3,(H,13,15). The molecule has 1 aromatic carbocycles. The number of rotatable bonds is 4. The summed E-state index contributed by atoms with van der Waals surface area (Å²) in [5.41, 5.74) is 0.675. The third-order valence-electron chi connectivity index (χ3n) is 2.14. The maximum absolute atomic E-state index is 11.7. The first kappa shape index (κ1) is 13.0. The fraction of sp³-hybridized carbons (Fsp3) is 0.364. The molecule has 0 saturated heterocycles. The van der Waals surface area contributed by atoms with Gasteiger partial charge in [-0.2, -0.15) is 0 Å². The Bertz CT molecular complexity index is 444. The quantitative estimate of drug-likeness (QED) is 0.617. The van der Waals surface area contributed by atoms with E-state index >= 15 is 0 Å². The van der Waals surface area contributed by atoms with Crippen molar-refractivity contribution in [3.05, 3.63) is 33.9 Å². The molecular formula is C11H15N3O3. The molecule has 0 aromatic heterocycles. The van der Waals surface area contributed by atoms with Crippen LogP contribution >= 0.6 is 0 Å². The Kier molecular flexibility index (Phi) is 4.03. The Hall–Kier alpha value is -2.11. The van der Waals surface area contributed by atoms with Gasteiger partial charge in [-0.15, -0.1) is 0 Å². The average molecular weight is 237 g/mol. The second-order valence-corrected chi connectivity index (χ2v) is 3.87. The molecule has 0 atom stereocenters. The van der Waals surface area contributed by atoms with Crippen LogP contribution in [0.25, 0.3) is 0 Å². The van der Waals surface area contributed by atoms with Crippen molar-refractivity contribution < 1.29 is 9.72 Å². The molecule has 0 aliphatic carbocycles. The molecule has 17 heavy (non-hydrogen) atoms. The van der Waals surface area contributed by atoms with E-state index in [-0.39, 0.29) is 17.6 Å². The molecular weight excluding hydrogens is 222 g/mol. The van der Waals surface area contributed by atoms with Gasteiger partial charge in [-0.3, -0.25) is 14.9 Å². The predicted octanol–water partition coefficient (Wildman–Crippen LogP) is 1.77. The second-order valence-electron chi connectivity index (χ2n) is 3.87. The summed E-state index contributed by atoms with van der Waals surface area (Å²) in [4.78, 5) is 21.9. The van der Waals surface area contributed by atoms with Crippen LogP contribution in [0, 0.1) is 10.1 Å². The van der Waals surface area contributed by atoms with Gasteiger partial charge in [-0.1, -0.05) is 0 Å². The van der Waals surface area contributed by atoms with E-state index in [1.165, 1.54) is 18.2 Å². The van der Waals surface area contributed by atoms with Crippen molar-refractivity contribution >= 4 is 17.3 Å². The van der Waals surface area contributed by atoms with Crippen LogP contribution in [-0.4, -0.2) is 23.9 Å². The monoisotopic (exact) mass is 237 g/mol. The highest BCUT2D eigenvalue weighted by molar-refractivity contribution is 5.96. The van der Waals surface area contributed by atoms with E-state index in [9.17, 15) is 14.9 Å². The molecule has 0 aliphatic rings. The summed E-state index contributed by atoms with van der Waals surface area (Å²) in [6.07, 6.45) is 0. The third kappa shape index (κ3) is 3.17. The largest absolute Gasteiger partial charge is 0.383 e. The first-order valence-electron chi connectivity index (χ1n) is 5.22. The maximum Gasteiger partial charge on any atom is 0.292 e. The number of nitro groups is 1. The molecule has 0 aliphatic heterocycles. The molecule has 0 spiro atoms. The lowest BCUT2D eigenvalue weighted by Gasteiger charge is -2.09. The smallest absolute Gasteiger partial charge is 0.292 e. The fourth-order valence-electron chi connectivity index (χ4n) is 1.38. The van der Waals surface area contributed by atoms with Crippen LogP contribution in [0.4, 0.5) is 11.4 Å². The normalized spacial score (nSPS) is 10.1. The number of hydrogen-bond acceptors (Lipinski definition) is 4. The van der Waals surface area contributed by atoms with Crippen LogP contribution in [0.15, 0.2) is 18.2 Å². The summed E-state index contributed by atoms with van der Waals surface area (Å²) in [7, 11) is 1.58. The van der Waals surface area contributed by atoms with Crippen molar-refractivity contribution in [3.63, 3.8) is 0 Å². The van der Waals surface area contributed by atoms with Crippen LogP contribution < -0.4 is 10.6 Å². The summed E-state index contributed by atoms with van der Waals surface area (Å²) in [5, 5.41) is 16.1. The molecule has 0 bridgehead atoms. The van der Waals surface area contributed by atoms with Crippen LogP contribution in [0.1, 0.15) is 24.2 Å². The first-order valence-corrected chi connectivity index (χ1v) is 5.22. The third-order valence-corrected chi connectivity index (χ3v) is 2.14. The van der Waals surface area contributed by atoms with E-state index in [0.29, 0.717) is 11.3 Å². The number of benzene rings is 1. The van der Waals surface area contributed by atoms with Gasteiger partial charge in [-0.25, -0.2) is 0 Å². The van der Waals surface area contributed by atoms with E-state index in [0.717, 1.165) is 0 Å². The Labute approximate surface area is 99.2 Å². The lowest BCUT2D eigenvalue weighted by molar-refractivity contribution is -0.383. The predicted molar refractivity (Wildman–Crippen MR) is 65.2 cm³/mol. The number of anilines is 1. The number of carbonyl (C=O) groups excluding carboxylic acids is 1. The van der Waals surface area contributed by atoms with Crippen molar-refractivity contribution in [1.29, 1.82) is 0 Å². The summed E-state index contributed by atoms with van der Waals surface area (Å²) >= 11 is 0. The van der Waals surface area contributed by atoms with Crippen molar-refractivity contribution in [3.8, 4) is 0 Å². The molecule has 6 nitrogen and oxygen atoms in total. The SMILES string of the molecule is CNc1cc(C(=O)NC(C)C)ccc1[N+](=O)[O-]. The zero-order chi connectivity index (χ0) is 13.0. The van der Waals surface area contributed by atoms with Crippen LogP contribution in [0.2, 0.25) is 0 Å². The molecule has 2 N–H and O–H groups in total. The van der Waals surface area contributed by atoms with Crippen molar-refractivity contribution in [1.82, 2.24) is 5.32 Å². The Balaban J connectivity index is 3.05. The number of carbonyl (C=O) groups is 1. The molecule has 0 heterocycles. The summed E-state index contributed by atoms with van der Waals surface area (Å²) in [6, 6.07) is 4.25. The summed E-state index contributed by atoms with van der Waals surface area (Å²) in [5.74, 6) is -0.244. The lowest BCUT2D eigenvalue weighted by atomic mass is 10.1. The minimum atomic E-state index is -0.490. The van der Waals surface area contributed by atoms with E-state index in [2.05, 4.69) is 10.6 Å². The summed E-state index contributed by atoms with van der Waals surface area (Å²) < 4.78 is 0. The number of nitrogens with zero attached hydrogens (tertiary/aromatic N) is 1. The zero-order valence-electron chi connectivity index (χ0n) is 9.98. The highest BCUT2D eigenvalue weighted by atomic mass is 16.6. The zero-order valence-corrected chi connectivity index (χ0v) is 9.98. The van der Waals surface area contributed by atoms with Crippen LogP contribution in [-0.2, 0) is 0 Å². The number of amides is 1. The van der Waals surface area contributed by atoms with Crippen molar-refractivity contribution in [2.75, 3.05) is 12.4 Å². The molecule has 6 heteroatoms. The highest BCUT2D eigenvalue weighted by Gasteiger charge is 2.15. The van der Waals surface area contributed by atoms with Gasteiger partial charge in [0.05, 0.1) is 4.92 Å². The molecule has 1 aromatic rings. The molecule has 92 valence electrons. The molecule has 1 rings (SSSR count). The van der Waals surface area contributed by atoms with E-state index in [1.54, 1.807) is 7.05 Å². The number of nitrogens with one attached hydrogen (secondary N) is 2. The molecule has 0 unspecified atom stereocenters. The summed E-state index contributed by atoms with van der Waals surface area (Å²) in [6.45, 7) is 3.70. The molecule has 1 amide bonds. The molecule has 0 fully saturated rings. The van der Waals surface area contributed by atoms with Gasteiger partial charge in [-0.05, 0) is 26.0 Å². The number of nitro benzene ring substituents is 1. The van der Waals surface area contributed by atoms with Gasteiger partial charge in [0.15, 0.2) is 0 Å². The first-order chi connectivity index (χ1) is 7.95. The maximum atomic E-state index is 11.7. The van der Waals surface area contributed by atoms with E-state index in [1.807, 2.05) is 13.8 Å². The molecule has 0 radical (unpaired) electrons. The minimum absolute atomic E-state index is 0.0238. The lowest BCUT2D eigenvalue weighted by Crippen LogP contribution is -2.30. The Morgan fingerprint density at radius 1 is 1.41 bits per heavy atom. The Morgan fingerprint density at radius 2 is 2.06 bits per heavy atom. The van der Waals surface area contributed by atoms with Crippen LogP contribution in [0.3, 0.4) is 0 Å². The fourth-order valence-corrected chi connectivity index (χ4v) is 1.38. The van der Waals surface area contributed by atoms with Gasteiger partial charge in [0.1, 0.15) is 5.69 Å². The van der Waals surface area contributed by atoms with Gasteiger partial charge in [0.25, 0.3) is 11.6 Å². The van der Waals surface area contributed by atoms with Crippen molar-refractivity contribution in [2.24, 2.45) is 0 Å². The second kappa shape index (κ2) is 5.29. The van der Waals surface area contributed by atoms with Crippen molar-refractivity contribution in [2.45, 2.75) is 19.9 Å². The van der Waals surface area contributed by atoms with Crippen LogP contribution in [0.5, 0.6) is 0 Å². The minimum Gasteiger partial charge on any atom is -0.383 e. The number of hydrogen-bond donors (Lipinski definition) is 2. The van der Waals surface area contributed by atoms with Gasteiger partial charge >= 0.3 is 0 Å². The van der Waals surface area contributed by atoms with Gasteiger partial charge < -0.3 is 10.6 Å². The average Bonchev–Trinajstić information content (AvgIpc) is 2.27. The highest BCUT2D eigenvalue weighted by Crippen LogP contribution is 2.24. The van der Waals surface area contributed by atoms with E-state index < -0.39 is 4.92 Å².